The Balaban J connectivity index is 2.70. The van der Waals surface area contributed by atoms with Gasteiger partial charge in [0, 0.05) is 18.3 Å². The minimum Gasteiger partial charge on any atom is -0.314 e. The molecule has 0 aliphatic heterocycles. The molecule has 2 rings (SSSR count). The third-order valence-corrected chi connectivity index (χ3v) is 3.57. The molecule has 0 aliphatic rings. The SMILES string of the molecule is CCc1ccc(-c2c(C)cn(CC)c(=O)c2C#N)cc1. The topological polar surface area (TPSA) is 45.8 Å². The highest BCUT2D eigenvalue weighted by Gasteiger charge is 2.14. The number of nitrogens with zero attached hydrogens (tertiary/aromatic N) is 2. The summed E-state index contributed by atoms with van der Waals surface area (Å²) in [4.78, 5) is 12.2. The summed E-state index contributed by atoms with van der Waals surface area (Å²) in [5, 5.41) is 9.34. The zero-order chi connectivity index (χ0) is 14.7. The van der Waals surface area contributed by atoms with Gasteiger partial charge in [0.2, 0.25) is 0 Å². The van der Waals surface area contributed by atoms with Gasteiger partial charge in [0.1, 0.15) is 11.6 Å². The van der Waals surface area contributed by atoms with Gasteiger partial charge in [-0.15, -0.1) is 0 Å². The van der Waals surface area contributed by atoms with Crippen molar-refractivity contribution >= 4 is 0 Å². The molecule has 0 aliphatic carbocycles. The highest BCUT2D eigenvalue weighted by Crippen LogP contribution is 2.25. The molecule has 3 nitrogen and oxygen atoms in total. The van der Waals surface area contributed by atoms with Crippen molar-refractivity contribution in [3.63, 3.8) is 0 Å². The molecule has 0 atom stereocenters. The third-order valence-electron chi connectivity index (χ3n) is 3.57. The van der Waals surface area contributed by atoms with Gasteiger partial charge in [-0.25, -0.2) is 0 Å². The van der Waals surface area contributed by atoms with E-state index in [0.29, 0.717) is 6.54 Å². The van der Waals surface area contributed by atoms with Gasteiger partial charge in [0.25, 0.3) is 5.56 Å². The molecule has 0 fully saturated rings. The van der Waals surface area contributed by atoms with Crippen LogP contribution in [0.1, 0.15) is 30.5 Å². The van der Waals surface area contributed by atoms with Gasteiger partial charge in [-0.1, -0.05) is 31.2 Å². The lowest BCUT2D eigenvalue weighted by Gasteiger charge is -2.12. The Morgan fingerprint density at radius 1 is 1.20 bits per heavy atom. The first kappa shape index (κ1) is 14.1. The maximum absolute atomic E-state index is 12.2. The molecule has 0 saturated carbocycles. The number of pyridine rings is 1. The van der Waals surface area contributed by atoms with Gasteiger partial charge in [0.05, 0.1) is 0 Å². The second-order valence-corrected chi connectivity index (χ2v) is 4.82. The molecule has 102 valence electrons. The number of hydrogen-bond acceptors (Lipinski definition) is 2. The van der Waals surface area contributed by atoms with Crippen LogP contribution in [0.25, 0.3) is 11.1 Å². The van der Waals surface area contributed by atoms with E-state index in [1.54, 1.807) is 4.57 Å². The van der Waals surface area contributed by atoms with Gasteiger partial charge in [-0.3, -0.25) is 4.79 Å². The monoisotopic (exact) mass is 266 g/mol. The summed E-state index contributed by atoms with van der Waals surface area (Å²) >= 11 is 0. The Labute approximate surface area is 119 Å². The first-order valence-corrected chi connectivity index (χ1v) is 6.85. The van der Waals surface area contributed by atoms with E-state index in [1.807, 2.05) is 44.3 Å². The third kappa shape index (κ3) is 2.37. The van der Waals surface area contributed by atoms with Crippen LogP contribution in [0.5, 0.6) is 0 Å². The summed E-state index contributed by atoms with van der Waals surface area (Å²) in [6.07, 6.45) is 2.80. The lowest BCUT2D eigenvalue weighted by molar-refractivity contribution is 0.721. The number of hydrogen-bond donors (Lipinski definition) is 0. The van der Waals surface area contributed by atoms with Crippen LogP contribution in [0.2, 0.25) is 0 Å². The summed E-state index contributed by atoms with van der Waals surface area (Å²) in [7, 11) is 0. The van der Waals surface area contributed by atoms with Gasteiger partial charge >= 0.3 is 0 Å². The molecule has 0 amide bonds. The lowest BCUT2D eigenvalue weighted by Crippen LogP contribution is -2.23. The maximum Gasteiger partial charge on any atom is 0.269 e. The van der Waals surface area contributed by atoms with E-state index in [0.717, 1.165) is 23.1 Å². The fourth-order valence-corrected chi connectivity index (χ4v) is 2.42. The summed E-state index contributed by atoms with van der Waals surface area (Å²) in [5.74, 6) is 0. The Kier molecular flexibility index (Phi) is 4.05. The van der Waals surface area contributed by atoms with Crippen LogP contribution in [-0.4, -0.2) is 4.57 Å². The molecule has 0 unspecified atom stereocenters. The zero-order valence-electron chi connectivity index (χ0n) is 12.1. The Bertz CT molecular complexity index is 718. The molecule has 0 bridgehead atoms. The second-order valence-electron chi connectivity index (χ2n) is 4.82. The fraction of sp³-hybridized carbons (Fsp3) is 0.294. The molecule has 0 spiro atoms. The molecule has 2 aromatic rings. The van der Waals surface area contributed by atoms with Gasteiger partial charge in [-0.05, 0) is 37.0 Å². The van der Waals surface area contributed by atoms with Crippen LogP contribution in [0, 0.1) is 18.3 Å². The molecule has 0 radical (unpaired) electrons. The van der Waals surface area contributed by atoms with E-state index in [4.69, 9.17) is 0 Å². The number of rotatable bonds is 3. The number of benzene rings is 1. The summed E-state index contributed by atoms with van der Waals surface area (Å²) < 4.78 is 1.58. The second kappa shape index (κ2) is 5.75. The minimum atomic E-state index is -0.213. The van der Waals surface area contributed by atoms with E-state index >= 15 is 0 Å². The highest BCUT2D eigenvalue weighted by molar-refractivity contribution is 5.73. The van der Waals surface area contributed by atoms with Crippen LogP contribution in [-0.2, 0) is 13.0 Å². The Morgan fingerprint density at radius 2 is 1.85 bits per heavy atom. The first-order valence-electron chi connectivity index (χ1n) is 6.85. The van der Waals surface area contributed by atoms with E-state index in [9.17, 15) is 10.1 Å². The van der Waals surface area contributed by atoms with E-state index in [2.05, 4.69) is 13.0 Å². The normalized spacial score (nSPS) is 10.3. The molecular formula is C17H18N2O. The molecule has 0 saturated heterocycles. The van der Waals surface area contributed by atoms with Gasteiger partial charge in [0.15, 0.2) is 0 Å². The molecule has 20 heavy (non-hydrogen) atoms. The van der Waals surface area contributed by atoms with Gasteiger partial charge in [-0.2, -0.15) is 5.26 Å². The van der Waals surface area contributed by atoms with E-state index in [1.165, 1.54) is 5.56 Å². The molecule has 1 aromatic heterocycles. The number of nitriles is 1. The number of aryl methyl sites for hydroxylation is 3. The first-order chi connectivity index (χ1) is 9.62. The average molecular weight is 266 g/mol. The maximum atomic E-state index is 12.2. The molecular weight excluding hydrogens is 248 g/mol. The fourth-order valence-electron chi connectivity index (χ4n) is 2.42. The van der Waals surface area contributed by atoms with Gasteiger partial charge < -0.3 is 4.57 Å². The van der Waals surface area contributed by atoms with Crippen LogP contribution in [0.3, 0.4) is 0 Å². The van der Waals surface area contributed by atoms with Crippen molar-refractivity contribution in [2.45, 2.75) is 33.7 Å². The molecule has 3 heteroatoms. The van der Waals surface area contributed by atoms with Crippen molar-refractivity contribution in [1.82, 2.24) is 4.57 Å². The van der Waals surface area contributed by atoms with Crippen molar-refractivity contribution in [3.8, 4) is 17.2 Å². The van der Waals surface area contributed by atoms with Crippen molar-refractivity contribution < 1.29 is 0 Å². The lowest BCUT2D eigenvalue weighted by atomic mass is 9.96. The minimum absolute atomic E-state index is 0.213. The zero-order valence-corrected chi connectivity index (χ0v) is 12.1. The predicted octanol–water partition coefficient (Wildman–Crippen LogP) is 3.28. The summed E-state index contributed by atoms with van der Waals surface area (Å²) in [6, 6.07) is 10.1. The molecule has 0 N–H and O–H groups in total. The highest BCUT2D eigenvalue weighted by atomic mass is 16.1. The van der Waals surface area contributed by atoms with Crippen LogP contribution in [0.4, 0.5) is 0 Å². The van der Waals surface area contributed by atoms with Crippen molar-refractivity contribution in [2.24, 2.45) is 0 Å². The Morgan fingerprint density at radius 3 is 2.35 bits per heavy atom. The van der Waals surface area contributed by atoms with Crippen LogP contribution >= 0.6 is 0 Å². The largest absolute Gasteiger partial charge is 0.314 e. The van der Waals surface area contributed by atoms with Crippen molar-refractivity contribution in [1.29, 1.82) is 5.26 Å². The molecule has 1 aromatic carbocycles. The molecule has 1 heterocycles. The van der Waals surface area contributed by atoms with E-state index < -0.39 is 0 Å². The number of aromatic nitrogens is 1. The van der Waals surface area contributed by atoms with Crippen LogP contribution in [0.15, 0.2) is 35.3 Å². The quantitative estimate of drug-likeness (QED) is 0.855. The predicted molar refractivity (Wildman–Crippen MR) is 80.6 cm³/mol. The summed E-state index contributed by atoms with van der Waals surface area (Å²) in [5.41, 5.74) is 3.90. The summed E-state index contributed by atoms with van der Waals surface area (Å²) in [6.45, 7) is 6.51. The standard InChI is InChI=1S/C17H18N2O/c1-4-13-6-8-14(9-7-13)16-12(3)11-19(5-2)17(20)15(16)10-18/h6-9,11H,4-5H2,1-3H3. The van der Waals surface area contributed by atoms with Crippen LogP contribution < -0.4 is 5.56 Å². The van der Waals surface area contributed by atoms with Crippen molar-refractivity contribution in [3.05, 3.63) is 57.5 Å². The van der Waals surface area contributed by atoms with E-state index in [-0.39, 0.29) is 11.1 Å². The van der Waals surface area contributed by atoms with Crippen molar-refractivity contribution in [2.75, 3.05) is 0 Å². The average Bonchev–Trinajstić information content (AvgIpc) is 2.48. The smallest absolute Gasteiger partial charge is 0.269 e. The Hall–Kier alpha value is -2.34.